The Hall–Kier alpha value is -0.970. The summed E-state index contributed by atoms with van der Waals surface area (Å²) in [4.78, 5) is 0. The van der Waals surface area contributed by atoms with Crippen LogP contribution in [0.15, 0.2) is 0 Å². The van der Waals surface area contributed by atoms with Gasteiger partial charge in [-0.2, -0.15) is 4.58 Å². The zero-order chi connectivity index (χ0) is 13.0. The molecule has 0 radical (unpaired) electrons. The second-order valence-corrected chi connectivity index (χ2v) is 5.83. The molecule has 0 amide bonds. The summed E-state index contributed by atoms with van der Waals surface area (Å²) in [6.07, 6.45) is 9.48. The average Bonchev–Trinajstić information content (AvgIpc) is 2.25. The Kier molecular flexibility index (Phi) is 5.05. The number of hydrogen-bond acceptors (Lipinski definition) is 1. The molecule has 0 aromatic carbocycles. The molecule has 0 bridgehead atoms. The molecule has 1 fully saturated rings. The van der Waals surface area contributed by atoms with Crippen molar-refractivity contribution in [2.75, 3.05) is 14.1 Å². The summed E-state index contributed by atoms with van der Waals surface area (Å²) in [5, 5.41) is 0. The van der Waals surface area contributed by atoms with Gasteiger partial charge in [-0.15, -0.1) is 6.42 Å². The van der Waals surface area contributed by atoms with Gasteiger partial charge in [0.2, 0.25) is 0 Å². The van der Waals surface area contributed by atoms with Crippen LogP contribution in [0.2, 0.25) is 0 Å². The van der Waals surface area contributed by atoms with E-state index >= 15 is 0 Å². The predicted molar refractivity (Wildman–Crippen MR) is 72.2 cm³/mol. The van der Waals surface area contributed by atoms with Gasteiger partial charge in [0.15, 0.2) is 0 Å². The van der Waals surface area contributed by atoms with E-state index in [0.717, 1.165) is 12.3 Å². The van der Waals surface area contributed by atoms with Gasteiger partial charge in [0, 0.05) is 5.92 Å². The lowest BCUT2D eigenvalue weighted by Gasteiger charge is -2.36. The first kappa shape index (κ1) is 14.1. The smallest absolute Gasteiger partial charge is 0.417 e. The van der Waals surface area contributed by atoms with Gasteiger partial charge in [0.1, 0.15) is 20.2 Å². The molecule has 17 heavy (non-hydrogen) atoms. The van der Waals surface area contributed by atoms with E-state index in [1.807, 2.05) is 18.7 Å². The van der Waals surface area contributed by atoms with Crippen LogP contribution in [0.3, 0.4) is 0 Å². The third-order valence-corrected chi connectivity index (χ3v) is 3.75. The van der Waals surface area contributed by atoms with Gasteiger partial charge in [0.25, 0.3) is 0 Å². The van der Waals surface area contributed by atoms with Crippen LogP contribution in [0.5, 0.6) is 0 Å². The molecule has 0 unspecified atom stereocenters. The molecule has 0 aromatic rings. The van der Waals surface area contributed by atoms with Gasteiger partial charge in [-0.1, -0.05) is 27.2 Å². The fourth-order valence-electron chi connectivity index (χ4n) is 2.66. The molecule has 0 heterocycles. The first-order chi connectivity index (χ1) is 7.95. The van der Waals surface area contributed by atoms with Crippen LogP contribution in [0.1, 0.15) is 40.0 Å². The lowest BCUT2D eigenvalue weighted by Crippen LogP contribution is -2.37. The maximum atomic E-state index is 6.05. The van der Waals surface area contributed by atoms with Crippen LogP contribution in [0.4, 0.5) is 0 Å². The summed E-state index contributed by atoms with van der Waals surface area (Å²) in [5.41, 5.74) is 0. The van der Waals surface area contributed by atoms with Gasteiger partial charge in [-0.25, -0.2) is 0 Å². The lowest BCUT2D eigenvalue weighted by molar-refractivity contribution is -0.474. The highest BCUT2D eigenvalue weighted by atomic mass is 16.5. The summed E-state index contributed by atoms with van der Waals surface area (Å²) < 4.78 is 7.94. The minimum atomic E-state index is 0.284. The second kappa shape index (κ2) is 6.10. The van der Waals surface area contributed by atoms with E-state index in [4.69, 9.17) is 11.2 Å². The molecule has 0 aromatic heterocycles. The van der Waals surface area contributed by atoms with Gasteiger partial charge < -0.3 is 4.74 Å². The maximum absolute atomic E-state index is 6.05. The van der Waals surface area contributed by atoms with Crippen molar-refractivity contribution in [3.05, 3.63) is 0 Å². The average molecular weight is 236 g/mol. The van der Waals surface area contributed by atoms with E-state index in [2.05, 4.69) is 26.7 Å². The summed E-state index contributed by atoms with van der Waals surface area (Å²) in [6, 6.07) is 0. The molecule has 0 N–H and O–H groups in total. The van der Waals surface area contributed by atoms with Crippen LogP contribution >= 0.6 is 0 Å². The van der Waals surface area contributed by atoms with Gasteiger partial charge in [0.05, 0.1) is 0 Å². The van der Waals surface area contributed by atoms with Gasteiger partial charge >= 0.3 is 5.90 Å². The molecule has 1 saturated carbocycles. The SMILES string of the molecule is C#CC(O[C@@H]1C[C@H](C)CC[C@H]1C(C)C)=[N+](C)C. The molecule has 0 aliphatic heterocycles. The summed E-state index contributed by atoms with van der Waals surface area (Å²) in [5.74, 6) is 5.35. The summed E-state index contributed by atoms with van der Waals surface area (Å²) in [7, 11) is 3.87. The Morgan fingerprint density at radius 1 is 1.35 bits per heavy atom. The Morgan fingerprint density at radius 2 is 2.00 bits per heavy atom. The van der Waals surface area contributed by atoms with E-state index in [-0.39, 0.29) is 6.10 Å². The molecule has 0 spiro atoms. The van der Waals surface area contributed by atoms with Gasteiger partial charge in [-0.05, 0) is 30.6 Å². The van der Waals surface area contributed by atoms with E-state index in [1.54, 1.807) is 0 Å². The van der Waals surface area contributed by atoms with Crippen molar-refractivity contribution in [2.45, 2.75) is 46.1 Å². The van der Waals surface area contributed by atoms with Crippen molar-refractivity contribution in [1.29, 1.82) is 0 Å². The predicted octanol–water partition coefficient (Wildman–Crippen LogP) is 2.77. The quantitative estimate of drug-likeness (QED) is 0.311. The zero-order valence-electron chi connectivity index (χ0n) is 11.9. The van der Waals surface area contributed by atoms with E-state index < -0.39 is 0 Å². The third-order valence-electron chi connectivity index (χ3n) is 3.75. The first-order valence-corrected chi connectivity index (χ1v) is 6.63. The van der Waals surface area contributed by atoms with Crippen molar-refractivity contribution in [1.82, 2.24) is 0 Å². The Labute approximate surface area is 106 Å². The van der Waals surface area contributed by atoms with Gasteiger partial charge in [-0.3, -0.25) is 0 Å². The zero-order valence-corrected chi connectivity index (χ0v) is 11.9. The van der Waals surface area contributed by atoms with Crippen molar-refractivity contribution >= 4 is 5.90 Å². The van der Waals surface area contributed by atoms with Crippen LogP contribution in [0, 0.1) is 30.1 Å². The molecular formula is C15H26NO+. The Balaban J connectivity index is 2.77. The van der Waals surface area contributed by atoms with Crippen LogP contribution in [0.25, 0.3) is 0 Å². The largest absolute Gasteiger partial charge is 0.434 e. The molecule has 1 aliphatic carbocycles. The van der Waals surface area contributed by atoms with E-state index in [0.29, 0.717) is 17.7 Å². The highest BCUT2D eigenvalue weighted by Gasteiger charge is 2.33. The highest BCUT2D eigenvalue weighted by molar-refractivity contribution is 5.88. The normalized spacial score (nSPS) is 28.6. The number of nitrogens with zero attached hydrogens (tertiary/aromatic N) is 1. The van der Waals surface area contributed by atoms with E-state index in [1.165, 1.54) is 12.8 Å². The maximum Gasteiger partial charge on any atom is 0.417 e. The Morgan fingerprint density at radius 3 is 2.47 bits per heavy atom. The number of ether oxygens (including phenoxy) is 1. The fourth-order valence-corrected chi connectivity index (χ4v) is 2.66. The van der Waals surface area contributed by atoms with Crippen molar-refractivity contribution in [2.24, 2.45) is 17.8 Å². The minimum absolute atomic E-state index is 0.284. The summed E-state index contributed by atoms with van der Waals surface area (Å²) >= 11 is 0. The van der Waals surface area contributed by atoms with Crippen molar-refractivity contribution in [3.8, 4) is 12.3 Å². The van der Waals surface area contributed by atoms with E-state index in [9.17, 15) is 0 Å². The topological polar surface area (TPSA) is 12.2 Å². The molecule has 1 rings (SSSR count). The molecular weight excluding hydrogens is 210 g/mol. The summed E-state index contributed by atoms with van der Waals surface area (Å²) in [6.45, 7) is 6.86. The minimum Gasteiger partial charge on any atom is -0.434 e. The molecule has 3 atom stereocenters. The standard InChI is InChI=1S/C15H26NO/c1-7-15(16(5)6)17-14-10-12(4)8-9-13(14)11(2)3/h1,11-14H,8-10H2,2-6H3/q+1/t12-,13+,14-/m1/s1. The first-order valence-electron chi connectivity index (χ1n) is 6.63. The second-order valence-electron chi connectivity index (χ2n) is 5.83. The van der Waals surface area contributed by atoms with Crippen LogP contribution in [-0.4, -0.2) is 30.7 Å². The lowest BCUT2D eigenvalue weighted by atomic mass is 9.75. The third kappa shape index (κ3) is 3.77. The Bertz CT molecular complexity index is 320. The molecule has 96 valence electrons. The highest BCUT2D eigenvalue weighted by Crippen LogP contribution is 2.35. The van der Waals surface area contributed by atoms with Crippen LogP contribution < -0.4 is 0 Å². The number of hydrogen-bond donors (Lipinski definition) is 0. The van der Waals surface area contributed by atoms with Crippen molar-refractivity contribution in [3.63, 3.8) is 0 Å². The fraction of sp³-hybridized carbons (Fsp3) is 0.800. The molecule has 2 nitrogen and oxygen atoms in total. The number of terminal acetylenes is 1. The van der Waals surface area contributed by atoms with Crippen molar-refractivity contribution < 1.29 is 9.31 Å². The molecule has 2 heteroatoms. The molecule has 0 saturated heterocycles. The number of rotatable bonds is 2. The molecule has 1 aliphatic rings. The monoisotopic (exact) mass is 236 g/mol. The van der Waals surface area contributed by atoms with Crippen LogP contribution in [-0.2, 0) is 4.74 Å².